The van der Waals surface area contributed by atoms with Gasteiger partial charge >= 0.3 is 6.18 Å². The zero-order chi connectivity index (χ0) is 18.2. The van der Waals surface area contributed by atoms with Crippen LogP contribution in [0, 0.1) is 0 Å². The van der Waals surface area contributed by atoms with Crippen LogP contribution in [0.15, 0.2) is 45.8 Å². The summed E-state index contributed by atoms with van der Waals surface area (Å²) in [5.41, 5.74) is -1.18. The van der Waals surface area contributed by atoms with E-state index in [0.717, 1.165) is 12.1 Å². The highest BCUT2D eigenvalue weighted by Gasteiger charge is 2.33. The zero-order valence-corrected chi connectivity index (χ0v) is 14.8. The molecule has 0 saturated carbocycles. The van der Waals surface area contributed by atoms with E-state index in [1.165, 1.54) is 24.3 Å². The summed E-state index contributed by atoms with van der Waals surface area (Å²) >= 11 is 2.80. The summed E-state index contributed by atoms with van der Waals surface area (Å²) in [7, 11) is -4.09. The van der Waals surface area contributed by atoms with Crippen molar-refractivity contribution in [1.82, 2.24) is 0 Å². The molecule has 0 fully saturated rings. The van der Waals surface area contributed by atoms with Gasteiger partial charge in [0.25, 0.3) is 10.0 Å². The van der Waals surface area contributed by atoms with Crippen LogP contribution in [0.5, 0.6) is 11.5 Å². The summed E-state index contributed by atoms with van der Waals surface area (Å²) in [6, 6.07) is 7.07. The van der Waals surface area contributed by atoms with E-state index in [-0.39, 0.29) is 27.4 Å². The second kappa shape index (κ2) is 6.41. The molecule has 1 aliphatic heterocycles. The molecule has 1 aliphatic rings. The summed E-state index contributed by atoms with van der Waals surface area (Å²) in [5, 5.41) is 0. The summed E-state index contributed by atoms with van der Waals surface area (Å²) in [5.74, 6) is 0.675. The topological polar surface area (TPSA) is 64.6 Å². The largest absolute Gasteiger partial charge is 0.486 e. The SMILES string of the molecule is O=S(=O)(Nc1ccc(Br)c(C(F)(F)F)c1)c1ccc2c(c1)OCCO2. The Labute approximate surface area is 149 Å². The third kappa shape index (κ3) is 3.84. The van der Waals surface area contributed by atoms with E-state index >= 15 is 0 Å². The van der Waals surface area contributed by atoms with Gasteiger partial charge in [0, 0.05) is 16.2 Å². The Balaban J connectivity index is 1.92. The average molecular weight is 438 g/mol. The van der Waals surface area contributed by atoms with Crippen LogP contribution in [0.2, 0.25) is 0 Å². The monoisotopic (exact) mass is 437 g/mol. The standard InChI is InChI=1S/C15H11BrF3NO4S/c16-12-3-1-9(7-11(12)15(17,18)19)20-25(21,22)10-2-4-13-14(8-10)24-6-5-23-13/h1-4,7-8,20H,5-6H2. The number of sulfonamides is 1. The molecule has 10 heteroatoms. The minimum atomic E-state index is -4.61. The van der Waals surface area contributed by atoms with Gasteiger partial charge in [0.15, 0.2) is 11.5 Å². The number of rotatable bonds is 3. The van der Waals surface area contributed by atoms with Gasteiger partial charge in [-0.2, -0.15) is 13.2 Å². The summed E-state index contributed by atoms with van der Waals surface area (Å²) in [4.78, 5) is -0.145. The van der Waals surface area contributed by atoms with E-state index in [9.17, 15) is 21.6 Å². The van der Waals surface area contributed by atoms with E-state index in [2.05, 4.69) is 20.7 Å². The van der Waals surface area contributed by atoms with Crippen molar-refractivity contribution in [3.63, 3.8) is 0 Å². The minimum absolute atomic E-state index is 0.145. The lowest BCUT2D eigenvalue weighted by Crippen LogP contribution is -2.17. The number of hydrogen-bond donors (Lipinski definition) is 1. The number of fused-ring (bicyclic) bond motifs is 1. The van der Waals surface area contributed by atoms with E-state index in [1.807, 2.05) is 0 Å². The van der Waals surface area contributed by atoms with Gasteiger partial charge in [-0.3, -0.25) is 4.72 Å². The van der Waals surface area contributed by atoms with Crippen LogP contribution in [0.1, 0.15) is 5.56 Å². The highest BCUT2D eigenvalue weighted by atomic mass is 79.9. The smallest absolute Gasteiger partial charge is 0.417 e. The van der Waals surface area contributed by atoms with E-state index in [0.29, 0.717) is 12.4 Å². The lowest BCUT2D eigenvalue weighted by Gasteiger charge is -2.19. The van der Waals surface area contributed by atoms with Crippen LogP contribution in [-0.4, -0.2) is 21.6 Å². The third-order valence-electron chi connectivity index (χ3n) is 3.35. The van der Waals surface area contributed by atoms with Crippen LogP contribution in [0.25, 0.3) is 0 Å². The van der Waals surface area contributed by atoms with Gasteiger partial charge in [-0.1, -0.05) is 15.9 Å². The molecule has 3 rings (SSSR count). The number of nitrogens with one attached hydrogen (secondary N) is 1. The maximum Gasteiger partial charge on any atom is 0.417 e. The quantitative estimate of drug-likeness (QED) is 0.786. The van der Waals surface area contributed by atoms with Crippen LogP contribution >= 0.6 is 15.9 Å². The molecule has 25 heavy (non-hydrogen) atoms. The lowest BCUT2D eigenvalue weighted by atomic mass is 10.2. The molecule has 1 N–H and O–H groups in total. The first-order valence-electron chi connectivity index (χ1n) is 6.96. The molecule has 0 radical (unpaired) electrons. The highest BCUT2D eigenvalue weighted by molar-refractivity contribution is 9.10. The number of anilines is 1. The first-order chi connectivity index (χ1) is 11.7. The first-order valence-corrected chi connectivity index (χ1v) is 9.24. The highest BCUT2D eigenvalue weighted by Crippen LogP contribution is 2.37. The fourth-order valence-corrected chi connectivity index (χ4v) is 3.75. The van der Waals surface area contributed by atoms with E-state index < -0.39 is 21.8 Å². The van der Waals surface area contributed by atoms with Crippen molar-refractivity contribution in [3.05, 3.63) is 46.4 Å². The molecule has 0 unspecified atom stereocenters. The van der Waals surface area contributed by atoms with Gasteiger partial charge in [0.05, 0.1) is 10.5 Å². The van der Waals surface area contributed by atoms with Crippen molar-refractivity contribution in [2.45, 2.75) is 11.1 Å². The Morgan fingerprint density at radius 3 is 2.36 bits per heavy atom. The van der Waals surface area contributed by atoms with Crippen LogP contribution in [0.4, 0.5) is 18.9 Å². The molecule has 0 amide bonds. The summed E-state index contributed by atoms with van der Waals surface area (Å²) < 4.78 is 76.3. The normalized spacial score (nSPS) is 14.2. The molecular formula is C15H11BrF3NO4S. The van der Waals surface area contributed by atoms with Gasteiger partial charge in [-0.05, 0) is 30.3 Å². The molecule has 0 aromatic heterocycles. The number of ether oxygens (including phenoxy) is 2. The fraction of sp³-hybridized carbons (Fsp3) is 0.200. The van der Waals surface area contributed by atoms with Gasteiger partial charge in [-0.25, -0.2) is 8.42 Å². The molecule has 2 aromatic rings. The molecule has 0 atom stereocenters. The molecule has 1 heterocycles. The zero-order valence-electron chi connectivity index (χ0n) is 12.4. The van der Waals surface area contributed by atoms with E-state index in [1.54, 1.807) is 0 Å². The Kier molecular flexibility index (Phi) is 4.58. The molecule has 5 nitrogen and oxygen atoms in total. The molecule has 0 bridgehead atoms. The maximum absolute atomic E-state index is 12.9. The number of halogens is 4. The summed E-state index contributed by atoms with van der Waals surface area (Å²) in [6.07, 6.45) is -4.61. The van der Waals surface area contributed by atoms with Gasteiger partial charge < -0.3 is 9.47 Å². The fourth-order valence-electron chi connectivity index (χ4n) is 2.21. The van der Waals surface area contributed by atoms with Crippen LogP contribution < -0.4 is 14.2 Å². The second-order valence-electron chi connectivity index (χ2n) is 5.10. The Bertz CT molecular complexity index is 915. The van der Waals surface area contributed by atoms with Gasteiger partial charge in [0.2, 0.25) is 0 Å². The van der Waals surface area contributed by atoms with E-state index in [4.69, 9.17) is 9.47 Å². The number of hydrogen-bond acceptors (Lipinski definition) is 4. The van der Waals surface area contributed by atoms with Crippen molar-refractivity contribution >= 4 is 31.6 Å². The second-order valence-corrected chi connectivity index (χ2v) is 7.64. The van der Waals surface area contributed by atoms with Crippen molar-refractivity contribution in [3.8, 4) is 11.5 Å². The molecule has 0 spiro atoms. The average Bonchev–Trinajstić information content (AvgIpc) is 2.55. The Morgan fingerprint density at radius 2 is 1.68 bits per heavy atom. The Morgan fingerprint density at radius 1 is 1.00 bits per heavy atom. The molecular weight excluding hydrogens is 427 g/mol. The number of alkyl halides is 3. The maximum atomic E-state index is 12.9. The van der Waals surface area contributed by atoms with Gasteiger partial charge in [-0.15, -0.1) is 0 Å². The van der Waals surface area contributed by atoms with Crippen molar-refractivity contribution in [2.75, 3.05) is 17.9 Å². The molecule has 134 valence electrons. The molecule has 0 saturated heterocycles. The van der Waals surface area contributed by atoms with Crippen LogP contribution in [-0.2, 0) is 16.2 Å². The van der Waals surface area contributed by atoms with Crippen molar-refractivity contribution < 1.29 is 31.1 Å². The van der Waals surface area contributed by atoms with Crippen molar-refractivity contribution in [1.29, 1.82) is 0 Å². The van der Waals surface area contributed by atoms with Crippen LogP contribution in [0.3, 0.4) is 0 Å². The predicted molar refractivity (Wildman–Crippen MR) is 87.4 cm³/mol. The Hall–Kier alpha value is -1.94. The number of benzene rings is 2. The van der Waals surface area contributed by atoms with Gasteiger partial charge in [0.1, 0.15) is 13.2 Å². The third-order valence-corrected chi connectivity index (χ3v) is 5.42. The molecule has 2 aromatic carbocycles. The first kappa shape index (κ1) is 17.9. The lowest BCUT2D eigenvalue weighted by molar-refractivity contribution is -0.138. The molecule has 0 aliphatic carbocycles. The van der Waals surface area contributed by atoms with Crippen molar-refractivity contribution in [2.24, 2.45) is 0 Å². The minimum Gasteiger partial charge on any atom is -0.486 e. The predicted octanol–water partition coefficient (Wildman–Crippen LogP) is 4.04. The summed E-state index contributed by atoms with van der Waals surface area (Å²) in [6.45, 7) is 0.641.